The van der Waals surface area contributed by atoms with E-state index in [2.05, 4.69) is 327 Å². The van der Waals surface area contributed by atoms with Crippen molar-refractivity contribution in [2.75, 3.05) is 14.2 Å². The molecule has 0 radical (unpaired) electrons. The van der Waals surface area contributed by atoms with Gasteiger partial charge in [-0.1, -0.05) is 233 Å². The molecule has 0 spiro atoms. The summed E-state index contributed by atoms with van der Waals surface area (Å²) in [5.41, 5.74) is 20.0. The van der Waals surface area contributed by atoms with E-state index >= 15 is 0 Å². The third-order valence-corrected chi connectivity index (χ3v) is 25.5. The fourth-order valence-electron chi connectivity index (χ4n) is 16.9. The van der Waals surface area contributed by atoms with Gasteiger partial charge in [-0.05, 0) is 187 Å². The molecule has 0 amide bonds. The Morgan fingerprint density at radius 2 is 0.803 bits per heavy atom. The van der Waals surface area contributed by atoms with Crippen molar-refractivity contribution in [3.63, 3.8) is 0 Å². The van der Waals surface area contributed by atoms with E-state index in [1.54, 1.807) is 56.7 Å². The molecule has 14 nitrogen and oxygen atoms in total. The summed E-state index contributed by atoms with van der Waals surface area (Å²) in [4.78, 5) is 45.5. The molecule has 10 aromatic carbocycles. The summed E-state index contributed by atoms with van der Waals surface area (Å²) in [6, 6.07) is 88.8. The molecule has 22 rings (SSSR count). The zero-order chi connectivity index (χ0) is 82.9. The van der Waals surface area contributed by atoms with Gasteiger partial charge in [0, 0.05) is 130 Å². The van der Waals surface area contributed by atoms with Crippen molar-refractivity contribution in [1.82, 2.24) is 43.2 Å². The molecule has 11 heterocycles. The number of carbonyl (C=O) groups is 2. The van der Waals surface area contributed by atoms with Crippen LogP contribution < -0.4 is 17.0 Å². The quantitative estimate of drug-likeness (QED) is 0.0761. The maximum absolute atomic E-state index is 12.2. The van der Waals surface area contributed by atoms with Gasteiger partial charge in [-0.3, -0.25) is 18.3 Å². The van der Waals surface area contributed by atoms with Crippen LogP contribution in [0, 0.1) is 14.4 Å². The first-order valence-corrected chi connectivity index (χ1v) is 43.1. The van der Waals surface area contributed by atoms with Gasteiger partial charge in [0.15, 0.2) is 11.2 Å². The Balaban J connectivity index is 0.000000121. The molecule has 602 valence electrons. The summed E-state index contributed by atoms with van der Waals surface area (Å²) >= 11 is 21.1. The van der Waals surface area contributed by atoms with Crippen LogP contribution in [0.1, 0.15) is 94.3 Å². The van der Waals surface area contributed by atoms with E-state index in [0.717, 1.165) is 85.7 Å². The van der Waals surface area contributed by atoms with Crippen LogP contribution in [0.2, 0.25) is 0 Å². The molecule has 1 aliphatic carbocycles. The molecule has 0 fully saturated rings. The average molecular weight is 2070 g/mol. The molecule has 19 aromatic rings. The van der Waals surface area contributed by atoms with Gasteiger partial charge >= 0.3 is 35.0 Å². The molecule has 122 heavy (non-hydrogen) atoms. The average Bonchev–Trinajstić information content (AvgIpc) is 1.52. The van der Waals surface area contributed by atoms with Gasteiger partial charge < -0.3 is 39.0 Å². The third-order valence-electron chi connectivity index (χ3n) is 22.3. The second-order valence-electron chi connectivity index (χ2n) is 30.4. The molecule has 0 bridgehead atoms. The van der Waals surface area contributed by atoms with Crippen molar-refractivity contribution < 1.29 is 41.2 Å². The number of hydrogen-bond donors (Lipinski definition) is 1. The number of pyridine rings is 5. The number of methoxy groups -OCH3 is 2. The van der Waals surface area contributed by atoms with Crippen LogP contribution >= 0.6 is 95.6 Å². The first-order valence-electron chi connectivity index (χ1n) is 38.3. The maximum Gasteiger partial charge on any atom is 2.00 e. The van der Waals surface area contributed by atoms with Crippen molar-refractivity contribution >= 4 is 218 Å². The topological polar surface area (TPSA) is 157 Å². The van der Waals surface area contributed by atoms with E-state index < -0.39 is 11.6 Å². The van der Waals surface area contributed by atoms with Gasteiger partial charge in [0.2, 0.25) is 0 Å². The van der Waals surface area contributed by atoms with Crippen LogP contribution in [0.4, 0.5) is 0 Å². The van der Waals surface area contributed by atoms with E-state index in [1.165, 1.54) is 112 Å². The van der Waals surface area contributed by atoms with E-state index in [9.17, 15) is 14.7 Å². The van der Waals surface area contributed by atoms with Crippen molar-refractivity contribution in [1.29, 1.82) is 0 Å². The van der Waals surface area contributed by atoms with Gasteiger partial charge in [-0.2, -0.15) is 0 Å². The number of hydrogen-bond acceptors (Lipinski definition) is 10. The molecule has 9 aromatic heterocycles. The second kappa shape index (κ2) is 36.1. The number of carbonyl (C=O) groups excluding carboxylic acids is 2. The van der Waals surface area contributed by atoms with Crippen molar-refractivity contribution in [3.05, 3.63) is 383 Å². The van der Waals surface area contributed by atoms with E-state index in [4.69, 9.17) is 14.7 Å². The number of rotatable bonds is 5. The summed E-state index contributed by atoms with van der Waals surface area (Å²) in [5, 5.41) is 20.3. The fraction of sp³-hybridized carbons (Fsp3) is 0.110. The van der Waals surface area contributed by atoms with Crippen LogP contribution in [0.15, 0.2) is 319 Å². The number of halogens is 7. The van der Waals surface area contributed by atoms with Crippen LogP contribution in [0.25, 0.3) is 122 Å². The van der Waals surface area contributed by atoms with Gasteiger partial charge in [-0.15, -0.1) is 0 Å². The molecule has 1 atom stereocenters. The van der Waals surface area contributed by atoms with Gasteiger partial charge in [0.1, 0.15) is 27.6 Å². The molecule has 0 saturated carbocycles. The number of aromatic nitrogens is 9. The molecule has 22 heteroatoms. The Labute approximate surface area is 783 Å². The Bertz CT molecular complexity index is 7280. The number of nitrogens with zero attached hydrogens (tertiary/aromatic N) is 9. The summed E-state index contributed by atoms with van der Waals surface area (Å²) in [7, 11) is 2.71. The summed E-state index contributed by atoms with van der Waals surface area (Å²) < 4.78 is 24.1. The Morgan fingerprint density at radius 1 is 0.402 bits per heavy atom. The van der Waals surface area contributed by atoms with Gasteiger partial charge in [-0.25, -0.2) is 34.5 Å². The number of benzene rings is 10. The standard InChI is InChI=1S/C20H17BrN2O.C20H14BrN2.C20H15BrN2.C19H13BrN2O2.C13H9Br.C7H6BrNO2.CH3.BrH.Mg/c1-20(2,24)16-7-5-11-22-19(16)23-17-8-4-3-6-14(17)15-10-9-13(21)12-18(15)23;1-20(2)15-6-3-5-14-13-9-8-12(21)11-17(13)23(18(14)15)19-16(20)7-4-10-22-19;1-20(2)14-7-5-11-22-19(14)23-16-8-4-3-6-12(16)13-9-10-15(21)17(20)18(13)23;1-24-19(23)15-6-4-10-21-18(15)22-16-7-3-2-5-13(16)14-9-8-12(20)11-17(14)22;14-11-5-6-13-10(8-11)7-9-3-1-2-4-12(9)13;1-11-7(10)5-3-2-4-9-6(5)8;;;/h3-12,24H,1-2H3;3-11H,1H2,2H3;3-11H,1-2H3;2-11H,1H3;1-6,8H,7H2;2-4H,1H3;1H3;1H;/q;+1;;;;;-1;;+2/p-1. The molecule has 1 unspecified atom stereocenters. The Morgan fingerprint density at radius 3 is 1.39 bits per heavy atom. The molecule has 3 aliphatic rings. The van der Waals surface area contributed by atoms with Crippen molar-refractivity contribution in [2.24, 2.45) is 0 Å². The third kappa shape index (κ3) is 16.0. The SMILES string of the molecule is Brc1ccc2c(c1)Cc1ccccc1-2.CC(C)(O)c1cccnc1-n1c2ccccc2c2ccc(Br)cc21.CC1(C)c2cccnc2-n2c3ccccc3c3ccc(Br)c1c32.COC(=O)c1cccnc1-n1c2ccccc2c2ccc(Br)cc21.COC(=O)c1cccnc1Br.[Br-].[CH2+]C1(C)c2cccnc2-n2c3cc(Br)ccc3c3cccc1c32.[CH3-].[Mg+2]. The predicted molar refractivity (Wildman–Crippen MR) is 513 cm³/mol. The summed E-state index contributed by atoms with van der Waals surface area (Å²) in [6.07, 6.45) is 9.86. The zero-order valence-corrected chi connectivity index (χ0v) is 80.1. The molecule has 2 aliphatic heterocycles. The maximum atomic E-state index is 12.2. The van der Waals surface area contributed by atoms with E-state index in [0.29, 0.717) is 21.5 Å². The fourth-order valence-corrected chi connectivity index (χ4v) is 19.6. The summed E-state index contributed by atoms with van der Waals surface area (Å²) in [6.45, 7) is 14.8. The van der Waals surface area contributed by atoms with Gasteiger partial charge in [0.05, 0.1) is 76.4 Å². The second-order valence-corrected chi connectivity index (χ2v) is 35.6. The van der Waals surface area contributed by atoms with Gasteiger partial charge in [0.25, 0.3) is 0 Å². The zero-order valence-electron chi connectivity index (χ0n) is 67.6. The Kier molecular flexibility index (Phi) is 26.1. The minimum absolute atomic E-state index is 0. The first kappa shape index (κ1) is 88.4. The van der Waals surface area contributed by atoms with E-state index in [1.807, 2.05) is 83.7 Å². The molecular formula is C100H77Br7MgN9O5+. The first-order chi connectivity index (χ1) is 57.5. The number of aliphatic hydroxyl groups is 1. The van der Waals surface area contributed by atoms with Crippen molar-refractivity contribution in [3.8, 4) is 34.4 Å². The summed E-state index contributed by atoms with van der Waals surface area (Å²) in [5.74, 6) is 2.57. The molecule has 0 saturated heterocycles. The van der Waals surface area contributed by atoms with Crippen LogP contribution in [-0.4, -0.2) is 97.5 Å². The number of esters is 2. The number of fused-ring (bicyclic) bond motifs is 19. The van der Waals surface area contributed by atoms with E-state index in [-0.39, 0.29) is 64.3 Å². The minimum atomic E-state index is -0.979. The minimum Gasteiger partial charge on any atom is -1.00 e. The smallest absolute Gasteiger partial charge is 1.00 e. The molecule has 1 N–H and O–H groups in total. The Hall–Kier alpha value is -9.95. The largest absolute Gasteiger partial charge is 2.00 e. The predicted octanol–water partition coefficient (Wildman–Crippen LogP) is 23.6. The van der Waals surface area contributed by atoms with Crippen LogP contribution in [0.3, 0.4) is 0 Å². The molecular weight excluding hydrogens is 1990 g/mol. The van der Waals surface area contributed by atoms with Crippen LogP contribution in [-0.2, 0) is 32.3 Å². The van der Waals surface area contributed by atoms with Crippen LogP contribution in [0.5, 0.6) is 0 Å². The number of para-hydroxylation sites is 4. The normalized spacial score (nSPS) is 13.3. The number of ether oxygens (including phenoxy) is 2. The van der Waals surface area contributed by atoms with Crippen molar-refractivity contribution in [2.45, 2.75) is 57.5 Å². The monoisotopic (exact) mass is 2060 g/mol.